The summed E-state index contributed by atoms with van der Waals surface area (Å²) in [6.45, 7) is -0.601. The highest BCUT2D eigenvalue weighted by Crippen LogP contribution is 2.38. The third-order valence-electron chi connectivity index (χ3n) is 2.03. The van der Waals surface area contributed by atoms with E-state index < -0.39 is 37.2 Å². The van der Waals surface area contributed by atoms with Crippen LogP contribution in [0.1, 0.15) is 6.42 Å². The SMILES string of the molecule is FC(F)(F)C1C=NCC(C(F)(F)F)C1. The highest BCUT2D eigenvalue weighted by Gasteiger charge is 2.48. The van der Waals surface area contributed by atoms with Crippen LogP contribution < -0.4 is 0 Å². The summed E-state index contributed by atoms with van der Waals surface area (Å²) in [5, 5.41) is 0. The Bertz CT molecular complexity index is 227. The van der Waals surface area contributed by atoms with E-state index in [0.717, 1.165) is 0 Å². The molecule has 2 unspecified atom stereocenters. The van der Waals surface area contributed by atoms with Gasteiger partial charge in [-0.1, -0.05) is 0 Å². The Morgan fingerprint density at radius 1 is 1.00 bits per heavy atom. The number of hydrogen-bond donors (Lipinski definition) is 0. The van der Waals surface area contributed by atoms with Crippen LogP contribution >= 0.6 is 0 Å². The number of aliphatic imine (C=N–C) groups is 1. The van der Waals surface area contributed by atoms with Crippen molar-refractivity contribution in [1.29, 1.82) is 0 Å². The fourth-order valence-corrected chi connectivity index (χ4v) is 1.21. The highest BCUT2D eigenvalue weighted by molar-refractivity contribution is 5.62. The normalized spacial score (nSPS) is 29.3. The first-order valence-electron chi connectivity index (χ1n) is 3.84. The van der Waals surface area contributed by atoms with Crippen LogP contribution in [0, 0.1) is 11.8 Å². The minimum absolute atomic E-state index is 0.558. The Morgan fingerprint density at radius 3 is 2.00 bits per heavy atom. The monoisotopic (exact) mass is 219 g/mol. The molecular weight excluding hydrogens is 212 g/mol. The molecule has 1 aliphatic rings. The third-order valence-corrected chi connectivity index (χ3v) is 2.03. The van der Waals surface area contributed by atoms with Gasteiger partial charge in [-0.25, -0.2) is 0 Å². The molecule has 0 N–H and O–H groups in total. The molecule has 7 heteroatoms. The van der Waals surface area contributed by atoms with Crippen LogP contribution in [0.15, 0.2) is 4.99 Å². The van der Waals surface area contributed by atoms with Crippen LogP contribution in [-0.4, -0.2) is 25.1 Å². The van der Waals surface area contributed by atoms with E-state index in [1.165, 1.54) is 0 Å². The molecule has 0 aromatic heterocycles. The van der Waals surface area contributed by atoms with Gasteiger partial charge >= 0.3 is 12.4 Å². The van der Waals surface area contributed by atoms with E-state index in [1.807, 2.05) is 0 Å². The second kappa shape index (κ2) is 3.43. The van der Waals surface area contributed by atoms with E-state index in [2.05, 4.69) is 4.99 Å². The molecule has 1 nitrogen and oxygen atoms in total. The van der Waals surface area contributed by atoms with E-state index >= 15 is 0 Å². The number of halogens is 6. The Hall–Kier alpha value is -0.750. The van der Waals surface area contributed by atoms with E-state index in [0.29, 0.717) is 6.21 Å². The topological polar surface area (TPSA) is 12.4 Å². The summed E-state index contributed by atoms with van der Waals surface area (Å²) in [4.78, 5) is 3.11. The molecule has 2 atom stereocenters. The third kappa shape index (κ3) is 2.62. The molecule has 14 heavy (non-hydrogen) atoms. The average molecular weight is 219 g/mol. The molecular formula is C7H7F6N. The Morgan fingerprint density at radius 2 is 1.57 bits per heavy atom. The fraction of sp³-hybridized carbons (Fsp3) is 0.857. The Balaban J connectivity index is 2.71. The number of hydrogen-bond acceptors (Lipinski definition) is 1. The molecule has 0 bridgehead atoms. The van der Waals surface area contributed by atoms with Gasteiger partial charge in [0, 0.05) is 6.21 Å². The molecule has 0 saturated heterocycles. The summed E-state index contributed by atoms with van der Waals surface area (Å²) >= 11 is 0. The van der Waals surface area contributed by atoms with Gasteiger partial charge in [-0.2, -0.15) is 26.3 Å². The average Bonchev–Trinajstić information content (AvgIpc) is 2.01. The maximum atomic E-state index is 12.1. The molecule has 0 aromatic carbocycles. The maximum absolute atomic E-state index is 12.1. The quantitative estimate of drug-likeness (QED) is 0.555. The van der Waals surface area contributed by atoms with Gasteiger partial charge in [0.2, 0.25) is 0 Å². The summed E-state index contributed by atoms with van der Waals surface area (Å²) in [7, 11) is 0. The Labute approximate surface area is 75.8 Å². The number of nitrogens with zero attached hydrogens (tertiary/aromatic N) is 1. The van der Waals surface area contributed by atoms with Crippen LogP contribution in [-0.2, 0) is 0 Å². The summed E-state index contributed by atoms with van der Waals surface area (Å²) in [5.74, 6) is -4.04. The standard InChI is InChI=1S/C7H7F6N/c8-6(9,10)4-1-5(3-14-2-4)7(11,12)13/h2,4-5H,1,3H2. The van der Waals surface area contributed by atoms with E-state index in [1.54, 1.807) is 0 Å². The minimum atomic E-state index is -4.63. The van der Waals surface area contributed by atoms with Crippen LogP contribution in [0.3, 0.4) is 0 Å². The van der Waals surface area contributed by atoms with Crippen LogP contribution in [0.2, 0.25) is 0 Å². The molecule has 0 amide bonds. The van der Waals surface area contributed by atoms with Crippen LogP contribution in [0.25, 0.3) is 0 Å². The zero-order chi connectivity index (χ0) is 11.0. The van der Waals surface area contributed by atoms with Crippen LogP contribution in [0.4, 0.5) is 26.3 Å². The van der Waals surface area contributed by atoms with Crippen LogP contribution in [0.5, 0.6) is 0 Å². The smallest absolute Gasteiger partial charge is 0.296 e. The maximum Gasteiger partial charge on any atom is 0.396 e. The lowest BCUT2D eigenvalue weighted by Gasteiger charge is -2.27. The Kier molecular flexibility index (Phi) is 2.78. The van der Waals surface area contributed by atoms with Crippen molar-refractivity contribution < 1.29 is 26.3 Å². The molecule has 0 radical (unpaired) electrons. The second-order valence-electron chi connectivity index (χ2n) is 3.14. The molecule has 0 aromatic rings. The van der Waals surface area contributed by atoms with Crippen molar-refractivity contribution in [3.05, 3.63) is 0 Å². The molecule has 1 aliphatic heterocycles. The van der Waals surface area contributed by atoms with Crippen molar-refractivity contribution in [2.24, 2.45) is 16.8 Å². The molecule has 0 spiro atoms. The first kappa shape index (κ1) is 11.3. The summed E-state index contributed by atoms with van der Waals surface area (Å²) in [6.07, 6.45) is -9.62. The first-order chi connectivity index (χ1) is 6.21. The van der Waals surface area contributed by atoms with Gasteiger partial charge in [0.05, 0.1) is 18.4 Å². The molecule has 0 fully saturated rings. The number of alkyl halides is 6. The lowest BCUT2D eigenvalue weighted by molar-refractivity contribution is -0.198. The second-order valence-corrected chi connectivity index (χ2v) is 3.14. The van der Waals surface area contributed by atoms with Gasteiger partial charge in [0.1, 0.15) is 0 Å². The van der Waals surface area contributed by atoms with Crippen molar-refractivity contribution in [2.75, 3.05) is 6.54 Å². The minimum Gasteiger partial charge on any atom is -0.296 e. The van der Waals surface area contributed by atoms with Gasteiger partial charge in [0.25, 0.3) is 0 Å². The molecule has 1 rings (SSSR count). The number of rotatable bonds is 0. The zero-order valence-corrected chi connectivity index (χ0v) is 6.86. The van der Waals surface area contributed by atoms with Crippen molar-refractivity contribution in [2.45, 2.75) is 18.8 Å². The largest absolute Gasteiger partial charge is 0.396 e. The van der Waals surface area contributed by atoms with Gasteiger partial charge in [0.15, 0.2) is 0 Å². The lowest BCUT2D eigenvalue weighted by atomic mass is 9.92. The highest BCUT2D eigenvalue weighted by atomic mass is 19.4. The van der Waals surface area contributed by atoms with Crippen molar-refractivity contribution in [1.82, 2.24) is 0 Å². The van der Waals surface area contributed by atoms with Gasteiger partial charge in [-0.15, -0.1) is 0 Å². The van der Waals surface area contributed by atoms with Crippen molar-refractivity contribution in [3.8, 4) is 0 Å². The van der Waals surface area contributed by atoms with E-state index in [9.17, 15) is 26.3 Å². The summed E-state index contributed by atoms with van der Waals surface area (Å²) < 4.78 is 72.3. The van der Waals surface area contributed by atoms with Crippen molar-refractivity contribution >= 4 is 6.21 Å². The van der Waals surface area contributed by atoms with Gasteiger partial charge < -0.3 is 0 Å². The lowest BCUT2D eigenvalue weighted by Crippen LogP contribution is -2.36. The van der Waals surface area contributed by atoms with Gasteiger partial charge in [-0.05, 0) is 6.42 Å². The van der Waals surface area contributed by atoms with E-state index in [-0.39, 0.29) is 0 Å². The molecule has 82 valence electrons. The fourth-order valence-electron chi connectivity index (χ4n) is 1.21. The zero-order valence-electron chi connectivity index (χ0n) is 6.86. The first-order valence-corrected chi connectivity index (χ1v) is 3.84. The van der Waals surface area contributed by atoms with Crippen molar-refractivity contribution in [3.63, 3.8) is 0 Å². The molecule has 1 heterocycles. The van der Waals surface area contributed by atoms with E-state index in [4.69, 9.17) is 0 Å². The predicted molar refractivity (Wildman–Crippen MR) is 37.1 cm³/mol. The molecule has 0 aliphatic carbocycles. The predicted octanol–water partition coefficient (Wildman–Crippen LogP) is 2.82. The summed E-state index contributed by atoms with van der Waals surface area (Å²) in [6, 6.07) is 0. The van der Waals surface area contributed by atoms with Gasteiger partial charge in [-0.3, -0.25) is 4.99 Å². The molecule has 0 saturated carbocycles. The summed E-state index contributed by atoms with van der Waals surface area (Å²) in [5.41, 5.74) is 0.